The van der Waals surface area contributed by atoms with E-state index in [9.17, 15) is 139 Å². The van der Waals surface area contributed by atoms with Gasteiger partial charge in [-0.05, 0) is 0 Å². The molecule has 0 aromatic carbocycles. The number of carbonyl (C=O) groups is 5. The second kappa shape index (κ2) is 38.8. The molecule has 26 N–H and O–H groups in total. The van der Waals surface area contributed by atoms with Crippen molar-refractivity contribution in [3.05, 3.63) is 0 Å². The van der Waals surface area contributed by atoms with Gasteiger partial charge in [0.05, 0.1) is 52.9 Å². The molecule has 0 aromatic heterocycles. The number of carbonyl (C=O) groups excluding carboxylic acids is 5. The van der Waals surface area contributed by atoms with Crippen LogP contribution in [0.1, 0.15) is 34.6 Å². The van der Waals surface area contributed by atoms with E-state index in [0.29, 0.717) is 0 Å². The number of ether oxygens (including phenoxy) is 15. The van der Waals surface area contributed by atoms with Crippen LogP contribution < -0.4 is 26.6 Å². The van der Waals surface area contributed by atoms with Crippen molar-refractivity contribution < 1.29 is 214 Å². The summed E-state index contributed by atoms with van der Waals surface area (Å²) in [5.74, 6) is -4.40. The first-order valence-corrected chi connectivity index (χ1v) is 35.1. The Bertz CT molecular complexity index is 3040. The molecule has 624 valence electrons. The maximum atomic E-state index is 13.0. The van der Waals surface area contributed by atoms with Gasteiger partial charge in [-0.2, -0.15) is 8.42 Å². The second-order valence-corrected chi connectivity index (χ2v) is 27.8. The average Bonchev–Trinajstić information content (AvgIpc) is 0.823. The van der Waals surface area contributed by atoms with Crippen molar-refractivity contribution in [2.24, 2.45) is 0 Å². The van der Waals surface area contributed by atoms with Crippen molar-refractivity contribution in [3.8, 4) is 0 Å². The molecule has 8 heterocycles. The molecule has 8 aliphatic rings. The fourth-order valence-corrected chi connectivity index (χ4v) is 13.7. The highest BCUT2D eigenvalue weighted by molar-refractivity contribution is 7.80. The summed E-state index contributed by atoms with van der Waals surface area (Å²) >= 11 is 0. The molecule has 5 amide bonds. The summed E-state index contributed by atoms with van der Waals surface area (Å²) in [6.07, 6.45) is -74.2. The summed E-state index contributed by atoms with van der Waals surface area (Å²) in [4.78, 5) is 62.6. The molecule has 0 spiro atoms. The Kier molecular flexibility index (Phi) is 32.1. The number of aliphatic hydroxyl groups is 20. The number of aliphatic hydroxyl groups excluding tert-OH is 20. The van der Waals surface area contributed by atoms with E-state index in [1.807, 2.05) is 0 Å². The van der Waals surface area contributed by atoms with Crippen molar-refractivity contribution in [3.63, 3.8) is 0 Å². The summed E-state index contributed by atoms with van der Waals surface area (Å²) in [5.41, 5.74) is 0. The summed E-state index contributed by atoms with van der Waals surface area (Å²) < 4.78 is 126. The average molecular weight is 1600 g/mol. The van der Waals surface area contributed by atoms with Crippen molar-refractivity contribution in [1.29, 1.82) is 0 Å². The Morgan fingerprint density at radius 2 is 0.574 bits per heavy atom. The van der Waals surface area contributed by atoms with Crippen LogP contribution in [0.25, 0.3) is 0 Å². The van der Waals surface area contributed by atoms with Gasteiger partial charge in [-0.3, -0.25) is 28.5 Å². The fourth-order valence-electron chi connectivity index (χ4n) is 13.4. The molecule has 0 unspecified atom stereocenters. The lowest BCUT2D eigenvalue weighted by atomic mass is 9.93. The molecule has 0 aromatic rings. The minimum atomic E-state index is -5.32. The first kappa shape index (κ1) is 89.4. The molecule has 50 heteroatoms. The summed E-state index contributed by atoms with van der Waals surface area (Å²) in [6.45, 7) is -4.07. The second-order valence-electron chi connectivity index (χ2n) is 26.7. The largest absolute Gasteiger partial charge is 0.397 e. The SMILES string of the molecule is CC(=O)N[C@@H]1[C@@H](O)[C@H](O[C@@H]2O[C@H](CO)[C@@H](O[C@@H]3O[C@H](CO[C@H]4O[C@H](CO[C@@H]5O[C@H](CO)[C@@H](O)[C@H](O)[C@H]5NC(C)=O)[C@@H](O)[C@H](O)[C@@H]4O[C@@H]4O[C@H](CO)[C@@H](O)[C@H](O)[C@H]4NC(C)=O)[C@@H](O)[C@H](O[C@H]4O[C@H](CO)[C@@H](O)[C@H](O)[C@@H]4O[C@@H]4O[C@H](COS(=O)(=O)O)[C@@H](O)[C@H](O)[C@H]4NC(C)=O)[C@@H]3O)[C@H](O)[C@H]2NC(C)=O)[C@@H](CO)O[C@H]1O. The molecule has 0 saturated carbocycles. The Morgan fingerprint density at radius 3 is 1.03 bits per heavy atom. The van der Waals surface area contributed by atoms with Gasteiger partial charge in [0.15, 0.2) is 50.3 Å². The Labute approximate surface area is 612 Å². The Morgan fingerprint density at radius 1 is 0.287 bits per heavy atom. The van der Waals surface area contributed by atoms with Crippen LogP contribution in [-0.4, -0.2) is 443 Å². The maximum absolute atomic E-state index is 13.0. The van der Waals surface area contributed by atoms with Crippen LogP contribution in [0, 0.1) is 0 Å². The monoisotopic (exact) mass is 1600 g/mol. The van der Waals surface area contributed by atoms with Crippen LogP contribution in [0.4, 0.5) is 0 Å². The summed E-state index contributed by atoms with van der Waals surface area (Å²) in [5, 5.41) is 236. The van der Waals surface area contributed by atoms with E-state index in [1.54, 1.807) is 0 Å². The fraction of sp³-hybridized carbons (Fsp3) is 0.914. The van der Waals surface area contributed by atoms with Gasteiger partial charge in [0.2, 0.25) is 29.5 Å². The molecule has 8 rings (SSSR count). The predicted octanol–water partition coefficient (Wildman–Crippen LogP) is -17.9. The molecule has 8 aliphatic heterocycles. The molecule has 0 bridgehead atoms. The van der Waals surface area contributed by atoms with Gasteiger partial charge in [-0.25, -0.2) is 4.18 Å². The molecule has 49 nitrogen and oxygen atoms in total. The Hall–Kier alpha value is -4.18. The lowest BCUT2D eigenvalue weighted by Crippen LogP contribution is -2.70. The minimum absolute atomic E-state index is 0.793. The molecular weight excluding hydrogens is 1500 g/mol. The molecular formula is C58H97N5O44S. The predicted molar refractivity (Wildman–Crippen MR) is 333 cm³/mol. The van der Waals surface area contributed by atoms with Gasteiger partial charge in [0.1, 0.15) is 195 Å². The number of amides is 5. The quantitative estimate of drug-likeness (QED) is 0.0309. The number of nitrogens with one attached hydrogen (secondary N) is 5. The zero-order valence-corrected chi connectivity index (χ0v) is 58.8. The van der Waals surface area contributed by atoms with E-state index >= 15 is 0 Å². The van der Waals surface area contributed by atoms with E-state index in [4.69, 9.17) is 71.1 Å². The molecule has 8 fully saturated rings. The van der Waals surface area contributed by atoms with Crippen LogP contribution in [0.2, 0.25) is 0 Å². The van der Waals surface area contributed by atoms with E-state index in [1.165, 1.54) is 0 Å². The zero-order valence-electron chi connectivity index (χ0n) is 57.9. The van der Waals surface area contributed by atoms with E-state index in [2.05, 4.69) is 30.8 Å². The van der Waals surface area contributed by atoms with Crippen LogP contribution in [0.5, 0.6) is 0 Å². The van der Waals surface area contributed by atoms with Crippen LogP contribution in [0.15, 0.2) is 0 Å². The topological polar surface area (TPSA) is 752 Å². The van der Waals surface area contributed by atoms with Crippen LogP contribution >= 0.6 is 0 Å². The van der Waals surface area contributed by atoms with Gasteiger partial charge in [0, 0.05) is 34.6 Å². The lowest BCUT2D eigenvalue weighted by molar-refractivity contribution is -0.396. The van der Waals surface area contributed by atoms with Gasteiger partial charge in [-0.1, -0.05) is 0 Å². The van der Waals surface area contributed by atoms with Gasteiger partial charge >= 0.3 is 10.4 Å². The van der Waals surface area contributed by atoms with E-state index in [-0.39, 0.29) is 0 Å². The van der Waals surface area contributed by atoms with Gasteiger partial charge < -0.3 is 200 Å². The molecule has 8 saturated heterocycles. The van der Waals surface area contributed by atoms with E-state index in [0.717, 1.165) is 34.6 Å². The van der Waals surface area contributed by atoms with Crippen molar-refractivity contribution in [2.75, 3.05) is 52.9 Å². The number of hydrogen-bond acceptors (Lipinski definition) is 43. The molecule has 0 aliphatic carbocycles. The van der Waals surface area contributed by atoms with Crippen molar-refractivity contribution in [2.45, 2.75) is 280 Å². The van der Waals surface area contributed by atoms with Crippen molar-refractivity contribution in [1.82, 2.24) is 26.6 Å². The van der Waals surface area contributed by atoms with Gasteiger partial charge in [0.25, 0.3) is 0 Å². The first-order valence-electron chi connectivity index (χ1n) is 33.7. The van der Waals surface area contributed by atoms with Crippen LogP contribution in [-0.2, 0) is 110 Å². The highest BCUT2D eigenvalue weighted by Crippen LogP contribution is 2.39. The van der Waals surface area contributed by atoms with Crippen molar-refractivity contribution >= 4 is 39.9 Å². The third-order valence-corrected chi connectivity index (χ3v) is 19.3. The summed E-state index contributed by atoms with van der Waals surface area (Å²) in [7, 11) is -5.32. The third kappa shape index (κ3) is 21.0. The first-order chi connectivity index (χ1) is 50.8. The third-order valence-electron chi connectivity index (χ3n) is 18.8. The molecule has 0 radical (unpaired) electrons. The Balaban J connectivity index is 1.19. The molecule has 40 atom stereocenters. The highest BCUT2D eigenvalue weighted by atomic mass is 32.3. The van der Waals surface area contributed by atoms with Gasteiger partial charge in [-0.15, -0.1) is 0 Å². The normalized spacial score (nSPS) is 46.1. The highest BCUT2D eigenvalue weighted by Gasteiger charge is 2.60. The lowest BCUT2D eigenvalue weighted by Gasteiger charge is -2.51. The standard InChI is InChI=1S/C58H97N5O44S/c1-14(69)59-27-41(83)46(22(9-67)95-51(27)88)103-55-31(63-18(5)73)42(84)47(23(10-68)99-55)104-56-45(87)48(105-58-50(43(85)34(76)21(8-66)98-58)107-54-30(62-17(4)72)40(82)35(77)26(100-54)13-94-108(89,90)91)37(79)25(101-56)12-93-57-49(106-53-29(61-16(3)71)39(81)33(75)20(7-65)97-53)44(86)36(78)24(102-57)11-92-52-28(60-15(2)70)38(80)32(74)19(6-64)96-52/h19-58,64-68,74-88H,6-13H2,1-5H3,(H,59,69)(H,60,70)(H,61,71)(H,62,72)(H,63,73)(H,89,90,91)/t19-,20-,21-,22-,23-,24-,25-,26-,27-,28-,29-,30-,31-,32-,33-,34-,35-,36-,37-,38-,39-,40-,41-,42-,43+,44+,45+,46-,47-,48+,49+,50+,51-,52-,53+,54+,55+,56+,57+,58-/m1/s1. The zero-order chi connectivity index (χ0) is 80.0. The number of rotatable bonds is 29. The van der Waals surface area contributed by atoms with E-state index < -0.39 is 338 Å². The molecule has 108 heavy (non-hydrogen) atoms. The maximum Gasteiger partial charge on any atom is 0.397 e. The smallest absolute Gasteiger partial charge is 0.394 e. The summed E-state index contributed by atoms with van der Waals surface area (Å²) in [6, 6.07) is -8.98. The van der Waals surface area contributed by atoms with Crippen LogP contribution in [0.3, 0.4) is 0 Å². The number of hydrogen-bond donors (Lipinski definition) is 26. The minimum Gasteiger partial charge on any atom is -0.394 e.